The number of carboxylic acids is 2. The molecule has 1 saturated heterocycles. The van der Waals surface area contributed by atoms with Gasteiger partial charge in [-0.3, -0.25) is 33.6 Å². The van der Waals surface area contributed by atoms with Gasteiger partial charge in [-0.2, -0.15) is 0 Å². The largest absolute Gasteiger partial charge is 0.481 e. The van der Waals surface area contributed by atoms with Crippen molar-refractivity contribution < 1.29 is 58.1 Å². The van der Waals surface area contributed by atoms with Crippen LogP contribution >= 0.6 is 0 Å². The van der Waals surface area contributed by atoms with Crippen LogP contribution in [0.4, 0.5) is 4.79 Å². The van der Waals surface area contributed by atoms with Crippen molar-refractivity contribution in [2.75, 3.05) is 13.1 Å². The molecule has 0 aromatic heterocycles. The molecule has 2 aliphatic heterocycles. The average Bonchev–Trinajstić information content (AvgIpc) is 3.68. The summed E-state index contributed by atoms with van der Waals surface area (Å²) in [5.41, 5.74) is 2.69. The number of ketones is 2. The summed E-state index contributed by atoms with van der Waals surface area (Å²) < 4.78 is 5.94. The van der Waals surface area contributed by atoms with Crippen molar-refractivity contribution in [2.24, 2.45) is 17.8 Å². The number of hydrogen-bond acceptors (Lipinski definition) is 10. The molecule has 2 heterocycles. The van der Waals surface area contributed by atoms with E-state index >= 15 is 0 Å². The summed E-state index contributed by atoms with van der Waals surface area (Å²) in [5, 5.41) is 26.5. The zero-order valence-corrected chi connectivity index (χ0v) is 37.4. The van der Waals surface area contributed by atoms with Crippen LogP contribution in [0.25, 0.3) is 0 Å². The van der Waals surface area contributed by atoms with E-state index in [1.54, 1.807) is 65.0 Å². The highest BCUT2D eigenvalue weighted by atomic mass is 16.6. The Hall–Kier alpha value is -6.13. The SMILES string of the molecule is CCCC(NC(=O)C1CC(OC(=O)N2CCc3ccccc3C2)CN1C(=O)[C@@H](NC(=O)[C@@H](CC(=O)CCCCC(=O)O)C(C)C)C(C)C)C(=O)C(=O)N[C@@H](Cc1ccccc1)C(=O)O. The highest BCUT2D eigenvalue weighted by Crippen LogP contribution is 2.27. The number of carboxylic acid groups (broad SMARTS) is 2. The number of nitrogens with zero attached hydrogens (tertiary/aromatic N) is 2. The van der Waals surface area contributed by atoms with E-state index in [-0.39, 0.29) is 56.8 Å². The minimum absolute atomic E-state index is 0.00345. The highest BCUT2D eigenvalue weighted by molar-refractivity contribution is 6.38. The van der Waals surface area contributed by atoms with E-state index in [2.05, 4.69) is 16.0 Å². The number of hydrogen-bond donors (Lipinski definition) is 5. The van der Waals surface area contributed by atoms with Gasteiger partial charge in [0, 0.05) is 51.1 Å². The highest BCUT2D eigenvalue weighted by Gasteiger charge is 2.46. The number of likely N-dealkylation sites (tertiary alicyclic amines) is 1. The third-order valence-corrected chi connectivity index (χ3v) is 11.7. The van der Waals surface area contributed by atoms with Crippen LogP contribution in [0.3, 0.4) is 0 Å². The van der Waals surface area contributed by atoms with Gasteiger partial charge in [0.1, 0.15) is 30.0 Å². The van der Waals surface area contributed by atoms with Gasteiger partial charge in [0.25, 0.3) is 5.91 Å². The summed E-state index contributed by atoms with van der Waals surface area (Å²) in [4.78, 5) is 122. The Bertz CT molecular complexity index is 2010. The molecule has 17 heteroatoms. The molecule has 5 N–H and O–H groups in total. The summed E-state index contributed by atoms with van der Waals surface area (Å²) in [6.45, 7) is 9.13. The third-order valence-electron chi connectivity index (χ3n) is 11.7. The van der Waals surface area contributed by atoms with E-state index < -0.39 is 89.6 Å². The smallest absolute Gasteiger partial charge is 0.410 e. The number of unbranched alkanes of at least 4 members (excludes halogenated alkanes) is 1. The van der Waals surface area contributed by atoms with Gasteiger partial charge in [0.15, 0.2) is 0 Å². The molecular weight excluding hydrogens is 827 g/mol. The molecule has 2 aliphatic rings. The summed E-state index contributed by atoms with van der Waals surface area (Å²) in [7, 11) is 0. The van der Waals surface area contributed by atoms with E-state index in [1.165, 1.54) is 9.80 Å². The van der Waals surface area contributed by atoms with Gasteiger partial charge < -0.3 is 40.7 Å². The molecule has 0 spiro atoms. The van der Waals surface area contributed by atoms with Crippen molar-refractivity contribution in [1.29, 1.82) is 0 Å². The Balaban J connectivity index is 1.55. The number of ether oxygens (including phenoxy) is 1. The molecular formula is C47H63N5O12. The quantitative estimate of drug-likeness (QED) is 0.0790. The van der Waals surface area contributed by atoms with Gasteiger partial charge in [-0.05, 0) is 54.2 Å². The lowest BCUT2D eigenvalue weighted by Crippen LogP contribution is -2.58. The first kappa shape index (κ1) is 50.5. The zero-order chi connectivity index (χ0) is 47.1. The second-order valence-electron chi connectivity index (χ2n) is 17.4. The number of benzene rings is 2. The molecule has 0 aliphatic carbocycles. The molecule has 0 radical (unpaired) electrons. The molecule has 2 aromatic rings. The first-order valence-electron chi connectivity index (χ1n) is 22.2. The van der Waals surface area contributed by atoms with Gasteiger partial charge in [0.2, 0.25) is 23.5 Å². The first-order chi connectivity index (χ1) is 30.4. The van der Waals surface area contributed by atoms with Crippen molar-refractivity contribution in [2.45, 2.75) is 136 Å². The van der Waals surface area contributed by atoms with Crippen LogP contribution in [-0.2, 0) is 62.5 Å². The summed E-state index contributed by atoms with van der Waals surface area (Å²) in [6, 6.07) is 10.9. The van der Waals surface area contributed by atoms with Crippen molar-refractivity contribution in [3.63, 3.8) is 0 Å². The number of fused-ring (bicyclic) bond motifs is 1. The predicted molar refractivity (Wildman–Crippen MR) is 233 cm³/mol. The van der Waals surface area contributed by atoms with Crippen molar-refractivity contribution in [3.8, 4) is 0 Å². The Morgan fingerprint density at radius 1 is 0.797 bits per heavy atom. The number of aliphatic carboxylic acids is 2. The molecule has 0 saturated carbocycles. The van der Waals surface area contributed by atoms with Gasteiger partial charge >= 0.3 is 18.0 Å². The molecule has 17 nitrogen and oxygen atoms in total. The fraction of sp³-hybridized carbons (Fsp3) is 0.553. The number of rotatable bonds is 23. The lowest BCUT2D eigenvalue weighted by molar-refractivity contribution is -0.146. The number of carbonyl (C=O) groups is 9. The van der Waals surface area contributed by atoms with E-state index in [9.17, 15) is 48.3 Å². The zero-order valence-electron chi connectivity index (χ0n) is 37.4. The maximum absolute atomic E-state index is 14.6. The molecule has 4 rings (SSSR count). The predicted octanol–water partition coefficient (Wildman–Crippen LogP) is 3.83. The number of amides is 5. The Morgan fingerprint density at radius 2 is 1.45 bits per heavy atom. The van der Waals surface area contributed by atoms with E-state index in [4.69, 9.17) is 9.84 Å². The third kappa shape index (κ3) is 14.5. The van der Waals surface area contributed by atoms with Crippen molar-refractivity contribution >= 4 is 53.2 Å². The summed E-state index contributed by atoms with van der Waals surface area (Å²) in [5.74, 6) is -8.53. The first-order valence-corrected chi connectivity index (χ1v) is 22.2. The molecule has 0 bridgehead atoms. The van der Waals surface area contributed by atoms with Crippen LogP contribution < -0.4 is 16.0 Å². The monoisotopic (exact) mass is 889 g/mol. The lowest BCUT2D eigenvalue weighted by Gasteiger charge is -2.32. The second-order valence-corrected chi connectivity index (χ2v) is 17.4. The maximum Gasteiger partial charge on any atom is 0.410 e. The summed E-state index contributed by atoms with van der Waals surface area (Å²) in [6.07, 6.45) is -0.371. The van der Waals surface area contributed by atoms with Gasteiger partial charge in [-0.25, -0.2) is 9.59 Å². The number of carbonyl (C=O) groups excluding carboxylic acids is 7. The molecule has 6 atom stereocenters. The van der Waals surface area contributed by atoms with Gasteiger partial charge in [-0.1, -0.05) is 95.6 Å². The van der Waals surface area contributed by atoms with Crippen LogP contribution in [0.1, 0.15) is 103 Å². The standard InChI is InChI=1S/C47H63N5O12/c1-6-14-36(41(56)44(59)49-37(46(61)62)23-30-15-8-7-9-16-30)48-43(58)38-25-34(64-47(63)51-22-21-31-17-10-11-18-32(31)26-51)27-52(38)45(60)40(29(4)5)50-42(57)35(28(2)3)24-33(53)19-12-13-20-39(54)55/h7-11,15-18,28-29,34-38,40H,6,12-14,19-27H2,1-5H3,(H,48,58)(H,49,59)(H,50,57)(H,54,55)(H,61,62)/t34?,35-,36?,37-,38?,40-/m0/s1. The van der Waals surface area contributed by atoms with Crippen molar-refractivity contribution in [1.82, 2.24) is 25.8 Å². The van der Waals surface area contributed by atoms with E-state index in [0.29, 0.717) is 44.3 Å². The molecule has 2 aromatic carbocycles. The normalized spacial score (nSPS) is 17.7. The number of nitrogens with one attached hydrogen (secondary N) is 3. The maximum atomic E-state index is 14.6. The topological polar surface area (TPSA) is 246 Å². The van der Waals surface area contributed by atoms with Crippen LogP contribution in [0.5, 0.6) is 0 Å². The Morgan fingerprint density at radius 3 is 2.08 bits per heavy atom. The van der Waals surface area contributed by atoms with Crippen LogP contribution in [0.2, 0.25) is 0 Å². The van der Waals surface area contributed by atoms with E-state index in [0.717, 1.165) is 11.1 Å². The van der Waals surface area contributed by atoms with Crippen molar-refractivity contribution in [3.05, 3.63) is 71.3 Å². The molecule has 1 fully saturated rings. The van der Waals surface area contributed by atoms with Crippen LogP contribution in [-0.4, -0.2) is 117 Å². The Kier molecular flexibility index (Phi) is 19.0. The molecule has 3 unspecified atom stereocenters. The number of Topliss-reactive ketones (excluding diaryl/α,β-unsaturated/α-hetero) is 2. The van der Waals surface area contributed by atoms with Gasteiger partial charge in [-0.15, -0.1) is 0 Å². The van der Waals surface area contributed by atoms with Gasteiger partial charge in [0.05, 0.1) is 12.6 Å². The molecule has 348 valence electrons. The minimum Gasteiger partial charge on any atom is -0.481 e. The second kappa shape index (κ2) is 24.1. The minimum atomic E-state index is -1.44. The van der Waals surface area contributed by atoms with E-state index in [1.807, 2.05) is 24.3 Å². The fourth-order valence-corrected chi connectivity index (χ4v) is 8.04. The summed E-state index contributed by atoms with van der Waals surface area (Å²) >= 11 is 0. The molecule has 5 amide bonds. The lowest BCUT2D eigenvalue weighted by atomic mass is 9.88. The Labute approximate surface area is 374 Å². The van der Waals surface area contributed by atoms with Crippen LogP contribution in [0.15, 0.2) is 54.6 Å². The van der Waals surface area contributed by atoms with Crippen LogP contribution in [0, 0.1) is 17.8 Å². The average molecular weight is 890 g/mol. The fourth-order valence-electron chi connectivity index (χ4n) is 8.04. The molecule has 64 heavy (non-hydrogen) atoms.